The second-order valence-corrected chi connectivity index (χ2v) is 7.95. The van der Waals surface area contributed by atoms with Crippen LogP contribution < -0.4 is 5.32 Å². The summed E-state index contributed by atoms with van der Waals surface area (Å²) < 4.78 is 0. The van der Waals surface area contributed by atoms with Crippen molar-refractivity contribution in [2.45, 2.75) is 26.3 Å². The van der Waals surface area contributed by atoms with Gasteiger partial charge in [-0.15, -0.1) is 0 Å². The van der Waals surface area contributed by atoms with E-state index in [0.29, 0.717) is 28.2 Å². The average molecular weight is 412 g/mol. The van der Waals surface area contributed by atoms with Gasteiger partial charge in [-0.25, -0.2) is 0 Å². The van der Waals surface area contributed by atoms with Crippen LogP contribution >= 0.6 is 34.8 Å². The molecule has 1 amide bonds. The van der Waals surface area contributed by atoms with Crippen molar-refractivity contribution in [3.8, 4) is 0 Å². The molecule has 0 aromatic heterocycles. The molecule has 1 fully saturated rings. The number of nitrogens with zero attached hydrogens (tertiary/aromatic N) is 1. The summed E-state index contributed by atoms with van der Waals surface area (Å²) >= 11 is 18.7. The molecule has 1 saturated heterocycles. The molecular formula is C20H21Cl3N2O. The molecule has 138 valence electrons. The van der Waals surface area contributed by atoms with Gasteiger partial charge in [0.25, 0.3) is 0 Å². The summed E-state index contributed by atoms with van der Waals surface area (Å²) in [7, 11) is 0. The zero-order valence-electron chi connectivity index (χ0n) is 14.6. The number of hydrogen-bond acceptors (Lipinski definition) is 2. The number of rotatable bonds is 4. The van der Waals surface area contributed by atoms with Crippen molar-refractivity contribution in [2.24, 2.45) is 5.92 Å². The maximum atomic E-state index is 12.7. The third kappa shape index (κ3) is 4.72. The van der Waals surface area contributed by atoms with E-state index in [2.05, 4.69) is 10.2 Å². The minimum atomic E-state index is -0.0647. The molecule has 1 aliphatic rings. The predicted molar refractivity (Wildman–Crippen MR) is 109 cm³/mol. The summed E-state index contributed by atoms with van der Waals surface area (Å²) in [6, 6.07) is 11.1. The fourth-order valence-corrected chi connectivity index (χ4v) is 3.93. The number of hydrogen-bond donors (Lipinski definition) is 1. The Labute approximate surface area is 169 Å². The average Bonchev–Trinajstić information content (AvgIpc) is 2.62. The van der Waals surface area contributed by atoms with Crippen LogP contribution in [0.25, 0.3) is 0 Å². The molecule has 3 nitrogen and oxygen atoms in total. The van der Waals surface area contributed by atoms with Gasteiger partial charge in [-0.2, -0.15) is 0 Å². The maximum absolute atomic E-state index is 12.7. The van der Waals surface area contributed by atoms with Crippen LogP contribution in [0.3, 0.4) is 0 Å². The van der Waals surface area contributed by atoms with Crippen molar-refractivity contribution < 1.29 is 4.79 Å². The quantitative estimate of drug-likeness (QED) is 0.689. The van der Waals surface area contributed by atoms with Crippen molar-refractivity contribution in [1.82, 2.24) is 4.90 Å². The number of halogens is 3. The Bertz CT molecular complexity index is 789. The van der Waals surface area contributed by atoms with Crippen LogP contribution in [0.2, 0.25) is 15.1 Å². The Kier molecular flexibility index (Phi) is 6.46. The first kappa shape index (κ1) is 19.5. The van der Waals surface area contributed by atoms with Crippen molar-refractivity contribution in [2.75, 3.05) is 18.4 Å². The lowest BCUT2D eigenvalue weighted by Crippen LogP contribution is -2.40. The summed E-state index contributed by atoms with van der Waals surface area (Å²) in [6.07, 6.45) is 1.84. The van der Waals surface area contributed by atoms with Crippen molar-refractivity contribution >= 4 is 46.4 Å². The highest BCUT2D eigenvalue weighted by molar-refractivity contribution is 6.36. The minimum Gasteiger partial charge on any atom is -0.326 e. The molecule has 0 unspecified atom stereocenters. The van der Waals surface area contributed by atoms with E-state index in [1.807, 2.05) is 37.3 Å². The topological polar surface area (TPSA) is 32.3 Å². The Morgan fingerprint density at radius 1 is 1.15 bits per heavy atom. The maximum Gasteiger partial charge on any atom is 0.228 e. The molecule has 6 heteroatoms. The van der Waals surface area contributed by atoms with Crippen molar-refractivity contribution in [3.63, 3.8) is 0 Å². The zero-order valence-corrected chi connectivity index (χ0v) is 16.8. The van der Waals surface area contributed by atoms with E-state index < -0.39 is 0 Å². The van der Waals surface area contributed by atoms with E-state index in [4.69, 9.17) is 34.8 Å². The second-order valence-electron chi connectivity index (χ2n) is 6.73. The first-order valence-electron chi connectivity index (χ1n) is 8.66. The van der Waals surface area contributed by atoms with E-state index in [9.17, 15) is 4.79 Å². The van der Waals surface area contributed by atoms with Crippen LogP contribution in [0.1, 0.15) is 24.0 Å². The first-order valence-corrected chi connectivity index (χ1v) is 9.79. The SMILES string of the molecule is Cc1ccc(NC(=O)[C@H]2CCCN(Cc3c(Cl)cccc3Cl)C2)cc1Cl. The molecule has 0 spiro atoms. The number of benzene rings is 2. The molecule has 1 heterocycles. The smallest absolute Gasteiger partial charge is 0.228 e. The lowest BCUT2D eigenvalue weighted by molar-refractivity contribution is -0.121. The molecule has 26 heavy (non-hydrogen) atoms. The van der Waals surface area contributed by atoms with E-state index in [1.54, 1.807) is 6.07 Å². The number of anilines is 1. The fraction of sp³-hybridized carbons (Fsp3) is 0.350. The summed E-state index contributed by atoms with van der Waals surface area (Å²) in [5, 5.41) is 4.97. The summed E-state index contributed by atoms with van der Waals surface area (Å²) in [5.41, 5.74) is 2.64. The van der Waals surface area contributed by atoms with Crippen LogP contribution in [-0.4, -0.2) is 23.9 Å². The van der Waals surface area contributed by atoms with Gasteiger partial charge < -0.3 is 5.32 Å². The van der Waals surface area contributed by atoms with E-state index in [-0.39, 0.29) is 11.8 Å². The molecular weight excluding hydrogens is 391 g/mol. The van der Waals surface area contributed by atoms with E-state index in [1.165, 1.54) is 0 Å². The van der Waals surface area contributed by atoms with Gasteiger partial charge in [-0.3, -0.25) is 9.69 Å². The van der Waals surface area contributed by atoms with Gasteiger partial charge >= 0.3 is 0 Å². The van der Waals surface area contributed by atoms with Crippen molar-refractivity contribution in [1.29, 1.82) is 0 Å². The zero-order chi connectivity index (χ0) is 18.7. The molecule has 1 N–H and O–H groups in total. The summed E-state index contributed by atoms with van der Waals surface area (Å²) in [4.78, 5) is 14.9. The van der Waals surface area contributed by atoms with Gasteiger partial charge in [0.05, 0.1) is 5.92 Å². The standard InChI is InChI=1S/C20H21Cl3N2O/c1-13-7-8-15(10-19(13)23)24-20(26)14-4-3-9-25(11-14)12-16-17(21)5-2-6-18(16)22/h2,5-8,10,14H,3-4,9,11-12H2,1H3,(H,24,26)/t14-/m0/s1. The van der Waals surface area contributed by atoms with Gasteiger partial charge in [-0.1, -0.05) is 46.9 Å². The number of nitrogens with one attached hydrogen (secondary N) is 1. The third-order valence-electron chi connectivity index (χ3n) is 4.76. The number of carbonyl (C=O) groups excluding carboxylic acids is 1. The van der Waals surface area contributed by atoms with Gasteiger partial charge in [0.15, 0.2) is 0 Å². The Morgan fingerprint density at radius 2 is 1.88 bits per heavy atom. The highest BCUT2D eigenvalue weighted by atomic mass is 35.5. The number of carbonyl (C=O) groups is 1. The Hall–Kier alpha value is -1.26. The van der Waals surface area contributed by atoms with Crippen LogP contribution in [0.15, 0.2) is 36.4 Å². The number of piperidine rings is 1. The van der Waals surface area contributed by atoms with Gasteiger partial charge in [-0.05, 0) is 56.1 Å². The highest BCUT2D eigenvalue weighted by Crippen LogP contribution is 2.28. The molecule has 0 bridgehead atoms. The Morgan fingerprint density at radius 3 is 2.58 bits per heavy atom. The highest BCUT2D eigenvalue weighted by Gasteiger charge is 2.26. The molecule has 0 saturated carbocycles. The van der Waals surface area contributed by atoms with Crippen LogP contribution in [0.4, 0.5) is 5.69 Å². The normalized spacial score (nSPS) is 17.9. The van der Waals surface area contributed by atoms with Crippen molar-refractivity contribution in [3.05, 3.63) is 62.6 Å². The van der Waals surface area contributed by atoms with Gasteiger partial charge in [0, 0.05) is 39.4 Å². The number of aryl methyl sites for hydroxylation is 1. The number of amides is 1. The molecule has 3 rings (SSSR count). The lowest BCUT2D eigenvalue weighted by Gasteiger charge is -2.32. The summed E-state index contributed by atoms with van der Waals surface area (Å²) in [5.74, 6) is -0.0371. The lowest BCUT2D eigenvalue weighted by atomic mass is 9.96. The van der Waals surface area contributed by atoms with E-state index >= 15 is 0 Å². The monoisotopic (exact) mass is 410 g/mol. The van der Waals surface area contributed by atoms with E-state index in [0.717, 1.165) is 36.2 Å². The van der Waals surface area contributed by atoms with Crippen LogP contribution in [0.5, 0.6) is 0 Å². The molecule has 1 atom stereocenters. The molecule has 0 radical (unpaired) electrons. The third-order valence-corrected chi connectivity index (χ3v) is 5.87. The first-order chi connectivity index (χ1) is 12.4. The molecule has 2 aromatic carbocycles. The van der Waals surface area contributed by atoms with Crippen LogP contribution in [0, 0.1) is 12.8 Å². The number of likely N-dealkylation sites (tertiary alicyclic amines) is 1. The minimum absolute atomic E-state index is 0.0277. The van der Waals surface area contributed by atoms with Gasteiger partial charge in [0.1, 0.15) is 0 Å². The Balaban J connectivity index is 1.64. The molecule has 1 aliphatic heterocycles. The largest absolute Gasteiger partial charge is 0.326 e. The second kappa shape index (κ2) is 8.62. The molecule has 0 aliphatic carbocycles. The fourth-order valence-electron chi connectivity index (χ4n) is 3.24. The predicted octanol–water partition coefficient (Wildman–Crippen LogP) is 5.81. The molecule has 2 aromatic rings. The van der Waals surface area contributed by atoms with Gasteiger partial charge in [0.2, 0.25) is 5.91 Å². The van der Waals surface area contributed by atoms with Crippen LogP contribution in [-0.2, 0) is 11.3 Å². The summed E-state index contributed by atoms with van der Waals surface area (Å²) in [6.45, 7) is 4.21.